The Balaban J connectivity index is 2.60. The minimum absolute atomic E-state index is 0.0102. The van der Waals surface area contributed by atoms with E-state index < -0.39 is 6.10 Å². The van der Waals surface area contributed by atoms with Crippen LogP contribution in [-0.2, 0) is 0 Å². The summed E-state index contributed by atoms with van der Waals surface area (Å²) in [5.41, 5.74) is 1.11. The number of hydrogen-bond donors (Lipinski definition) is 0. The molecule has 0 spiro atoms. The van der Waals surface area contributed by atoms with Crippen LogP contribution in [0, 0.1) is 17.8 Å². The molecule has 3 atom stereocenters. The number of carbonyl (C=O) groups excluding carboxylic acids is 4. The second-order valence-corrected chi connectivity index (χ2v) is 10.5. The van der Waals surface area contributed by atoms with Gasteiger partial charge in [-0.1, -0.05) is 27.7 Å². The summed E-state index contributed by atoms with van der Waals surface area (Å²) in [4.78, 5) is 49.6. The molecule has 10 heteroatoms. The molecule has 0 N–H and O–H groups in total. The van der Waals surface area contributed by atoms with E-state index in [-0.39, 0.29) is 80.4 Å². The smallest absolute Gasteiger partial charge is 0.157 e. The van der Waals surface area contributed by atoms with Crippen molar-refractivity contribution in [2.24, 2.45) is 17.8 Å². The van der Waals surface area contributed by atoms with Gasteiger partial charge in [-0.05, 0) is 24.2 Å². The Morgan fingerprint density at radius 2 is 1.00 bits per heavy atom. The number of benzene rings is 2. The van der Waals surface area contributed by atoms with Crippen molar-refractivity contribution < 1.29 is 47.6 Å². The SMILES string of the molecule is COc1c(C=O)c(OC)c2c(c1C=O)O[C@H](c1c(OC)c(C=O)c(OC)c(C=O)c1OC)[C@@H](C(C)C)[C@@H]2CC(C)C. The van der Waals surface area contributed by atoms with Gasteiger partial charge >= 0.3 is 0 Å². The van der Waals surface area contributed by atoms with E-state index in [9.17, 15) is 19.2 Å². The predicted molar refractivity (Wildman–Crippen MR) is 151 cm³/mol. The van der Waals surface area contributed by atoms with Gasteiger partial charge in [0.15, 0.2) is 25.1 Å². The quantitative estimate of drug-likeness (QED) is 0.285. The first kappa shape index (κ1) is 31.4. The highest BCUT2D eigenvalue weighted by atomic mass is 16.5. The third kappa shape index (κ3) is 5.11. The molecule has 222 valence electrons. The van der Waals surface area contributed by atoms with Gasteiger partial charge in [0.05, 0.1) is 63.4 Å². The lowest BCUT2D eigenvalue weighted by Gasteiger charge is -2.44. The Kier molecular flexibility index (Phi) is 10.0. The van der Waals surface area contributed by atoms with Crippen LogP contribution in [0.2, 0.25) is 0 Å². The summed E-state index contributed by atoms with van der Waals surface area (Å²) in [5.74, 6) is 0.265. The van der Waals surface area contributed by atoms with Gasteiger partial charge in [0, 0.05) is 11.5 Å². The normalized spacial score (nSPS) is 17.8. The highest BCUT2D eigenvalue weighted by molar-refractivity contribution is 5.97. The molecule has 0 bridgehead atoms. The van der Waals surface area contributed by atoms with Crippen molar-refractivity contribution in [1.82, 2.24) is 0 Å². The van der Waals surface area contributed by atoms with E-state index in [1.54, 1.807) is 0 Å². The fourth-order valence-electron chi connectivity index (χ4n) is 6.20. The van der Waals surface area contributed by atoms with E-state index in [1.165, 1.54) is 35.5 Å². The van der Waals surface area contributed by atoms with Gasteiger partial charge in [0.1, 0.15) is 40.6 Å². The van der Waals surface area contributed by atoms with Gasteiger partial charge in [-0.25, -0.2) is 0 Å². The molecule has 0 aliphatic carbocycles. The summed E-state index contributed by atoms with van der Waals surface area (Å²) in [5, 5.41) is 0. The molecule has 41 heavy (non-hydrogen) atoms. The number of methoxy groups -OCH3 is 5. The van der Waals surface area contributed by atoms with Crippen molar-refractivity contribution in [1.29, 1.82) is 0 Å². The van der Waals surface area contributed by atoms with Gasteiger partial charge in [-0.15, -0.1) is 0 Å². The van der Waals surface area contributed by atoms with Gasteiger partial charge in [-0.3, -0.25) is 19.2 Å². The van der Waals surface area contributed by atoms with E-state index in [1.807, 2.05) is 13.8 Å². The van der Waals surface area contributed by atoms with Gasteiger partial charge < -0.3 is 28.4 Å². The standard InChI is InChI=1S/C31H38O10/c1-15(2)10-17-22(16(3)4)31(24-28(39-8)19(12-33)25(36-5)20(13-34)29(24)40-9)41-30-21(14-35)26(37-6)18(11-32)27(38-7)23(17)30/h11-17,22,31H,10H2,1-9H3/t17-,22-,31-/m0/s1. The van der Waals surface area contributed by atoms with Crippen molar-refractivity contribution in [3.63, 3.8) is 0 Å². The Hall–Kier alpha value is -4.08. The zero-order chi connectivity index (χ0) is 30.6. The minimum Gasteiger partial charge on any atom is -0.495 e. The Morgan fingerprint density at radius 3 is 1.34 bits per heavy atom. The number of ether oxygens (including phenoxy) is 6. The number of rotatable bonds is 13. The summed E-state index contributed by atoms with van der Waals surface area (Å²) < 4.78 is 35.0. The molecule has 0 aromatic heterocycles. The second-order valence-electron chi connectivity index (χ2n) is 10.5. The van der Waals surface area contributed by atoms with Crippen LogP contribution in [0.4, 0.5) is 0 Å². The Labute approximate surface area is 240 Å². The Morgan fingerprint density at radius 1 is 0.610 bits per heavy atom. The van der Waals surface area contributed by atoms with Crippen molar-refractivity contribution in [3.05, 3.63) is 33.4 Å². The Bertz CT molecular complexity index is 1290. The zero-order valence-corrected chi connectivity index (χ0v) is 25.0. The number of fused-ring (bicyclic) bond motifs is 1. The average Bonchev–Trinajstić information content (AvgIpc) is 2.96. The summed E-state index contributed by atoms with van der Waals surface area (Å²) in [6.07, 6.45) is 2.07. The highest BCUT2D eigenvalue weighted by Crippen LogP contribution is 2.60. The summed E-state index contributed by atoms with van der Waals surface area (Å²) in [6, 6.07) is 0. The molecule has 0 fully saturated rings. The number of hydrogen-bond acceptors (Lipinski definition) is 10. The maximum atomic E-state index is 12.6. The first-order valence-corrected chi connectivity index (χ1v) is 13.3. The van der Waals surface area contributed by atoms with Crippen LogP contribution in [0.15, 0.2) is 0 Å². The van der Waals surface area contributed by atoms with Crippen LogP contribution in [0.25, 0.3) is 0 Å². The maximum Gasteiger partial charge on any atom is 0.157 e. The lowest BCUT2D eigenvalue weighted by atomic mass is 9.68. The predicted octanol–water partition coefficient (Wildman–Crippen LogP) is 5.52. The van der Waals surface area contributed by atoms with Gasteiger partial charge in [0.25, 0.3) is 0 Å². The molecule has 1 heterocycles. The fraction of sp³-hybridized carbons (Fsp3) is 0.484. The summed E-state index contributed by atoms with van der Waals surface area (Å²) in [7, 11) is 6.95. The minimum atomic E-state index is -0.866. The molecule has 2 aromatic carbocycles. The molecule has 1 aliphatic rings. The fourth-order valence-corrected chi connectivity index (χ4v) is 6.20. The van der Waals surface area contributed by atoms with Crippen molar-refractivity contribution in [2.45, 2.75) is 46.1 Å². The molecule has 0 saturated heterocycles. The first-order chi connectivity index (χ1) is 19.6. The average molecular weight is 571 g/mol. The van der Waals surface area contributed by atoms with E-state index >= 15 is 0 Å². The summed E-state index contributed by atoms with van der Waals surface area (Å²) in [6.45, 7) is 8.20. The third-order valence-electron chi connectivity index (χ3n) is 7.64. The van der Waals surface area contributed by atoms with Crippen LogP contribution in [0.5, 0.6) is 34.5 Å². The molecule has 2 aromatic rings. The van der Waals surface area contributed by atoms with Crippen molar-refractivity contribution >= 4 is 25.1 Å². The van der Waals surface area contributed by atoms with E-state index in [0.29, 0.717) is 42.7 Å². The first-order valence-electron chi connectivity index (χ1n) is 13.3. The van der Waals surface area contributed by atoms with E-state index in [4.69, 9.17) is 28.4 Å². The lowest BCUT2D eigenvalue weighted by molar-refractivity contribution is 0.0496. The third-order valence-corrected chi connectivity index (χ3v) is 7.64. The lowest BCUT2D eigenvalue weighted by Crippen LogP contribution is -2.36. The molecule has 10 nitrogen and oxygen atoms in total. The van der Waals surface area contributed by atoms with Crippen molar-refractivity contribution in [2.75, 3.05) is 35.5 Å². The van der Waals surface area contributed by atoms with Gasteiger partial charge in [-0.2, -0.15) is 0 Å². The molecule has 0 amide bonds. The van der Waals surface area contributed by atoms with Crippen LogP contribution in [-0.4, -0.2) is 60.7 Å². The second kappa shape index (κ2) is 13.1. The summed E-state index contributed by atoms with van der Waals surface area (Å²) >= 11 is 0. The molecule has 1 aliphatic heterocycles. The van der Waals surface area contributed by atoms with Crippen LogP contribution >= 0.6 is 0 Å². The van der Waals surface area contributed by atoms with Crippen LogP contribution < -0.4 is 28.4 Å². The number of aldehydes is 4. The molecular formula is C31H38O10. The van der Waals surface area contributed by atoms with Crippen LogP contribution in [0.1, 0.15) is 98.7 Å². The van der Waals surface area contributed by atoms with E-state index in [2.05, 4.69) is 13.8 Å². The van der Waals surface area contributed by atoms with Crippen LogP contribution in [0.3, 0.4) is 0 Å². The monoisotopic (exact) mass is 570 g/mol. The maximum absolute atomic E-state index is 12.6. The van der Waals surface area contributed by atoms with Crippen molar-refractivity contribution in [3.8, 4) is 34.5 Å². The zero-order valence-electron chi connectivity index (χ0n) is 25.0. The van der Waals surface area contributed by atoms with E-state index in [0.717, 1.165) is 0 Å². The molecule has 0 saturated carbocycles. The molecule has 3 rings (SSSR count). The molecular weight excluding hydrogens is 532 g/mol. The molecule has 0 radical (unpaired) electrons. The largest absolute Gasteiger partial charge is 0.495 e. The van der Waals surface area contributed by atoms with Gasteiger partial charge in [0.2, 0.25) is 0 Å². The highest BCUT2D eigenvalue weighted by Gasteiger charge is 2.48. The topological polar surface area (TPSA) is 124 Å². The number of carbonyl (C=O) groups is 4. The molecule has 0 unspecified atom stereocenters.